The van der Waals surface area contributed by atoms with Crippen LogP contribution in [0.1, 0.15) is 68.9 Å². The van der Waals surface area contributed by atoms with Gasteiger partial charge in [-0.15, -0.1) is 0 Å². The molecular formula is C25H30ClNO5. The number of halogens is 1. The summed E-state index contributed by atoms with van der Waals surface area (Å²) in [6.07, 6.45) is 2.35. The van der Waals surface area contributed by atoms with E-state index in [2.05, 4.69) is 12.2 Å². The molecule has 0 aromatic heterocycles. The standard InChI is InChI=1S/C25H30ClNO5/c1-4-5-17-6-11-21(31-15-24(29)30)20(12-17)23-14-25(3,27-16(2)28)13-22(32-23)18-7-9-19(26)10-8-18/h6-12,22-23H,4-5,13-15H2,1-3H3,(H,27,28)(H,29,30)/t22-,23+,25+/m0/s1. The van der Waals surface area contributed by atoms with Crippen LogP contribution in [0.25, 0.3) is 0 Å². The Morgan fingerprint density at radius 3 is 2.50 bits per heavy atom. The van der Waals surface area contributed by atoms with Gasteiger partial charge in [0.15, 0.2) is 6.61 Å². The van der Waals surface area contributed by atoms with E-state index >= 15 is 0 Å². The van der Waals surface area contributed by atoms with Crippen molar-refractivity contribution in [1.82, 2.24) is 5.32 Å². The molecule has 0 saturated carbocycles. The highest BCUT2D eigenvalue weighted by Gasteiger charge is 2.40. The van der Waals surface area contributed by atoms with E-state index in [1.165, 1.54) is 6.92 Å². The topological polar surface area (TPSA) is 84.9 Å². The average Bonchev–Trinajstić information content (AvgIpc) is 2.72. The zero-order valence-electron chi connectivity index (χ0n) is 18.7. The van der Waals surface area contributed by atoms with E-state index in [0.29, 0.717) is 23.6 Å². The summed E-state index contributed by atoms with van der Waals surface area (Å²) in [5.41, 5.74) is 2.38. The summed E-state index contributed by atoms with van der Waals surface area (Å²) in [7, 11) is 0. The monoisotopic (exact) mass is 459 g/mol. The summed E-state index contributed by atoms with van der Waals surface area (Å²) in [6.45, 7) is 5.20. The number of carboxylic acids is 1. The lowest BCUT2D eigenvalue weighted by atomic mass is 9.81. The summed E-state index contributed by atoms with van der Waals surface area (Å²) in [4.78, 5) is 23.1. The summed E-state index contributed by atoms with van der Waals surface area (Å²) in [5.74, 6) is -0.662. The van der Waals surface area contributed by atoms with E-state index in [0.717, 1.165) is 29.5 Å². The predicted molar refractivity (Wildman–Crippen MR) is 123 cm³/mol. The van der Waals surface area contributed by atoms with Crippen LogP contribution in [0.15, 0.2) is 42.5 Å². The Morgan fingerprint density at radius 1 is 1.19 bits per heavy atom. The second-order valence-corrected chi connectivity index (χ2v) is 9.06. The molecule has 0 radical (unpaired) electrons. The second kappa shape index (κ2) is 10.4. The van der Waals surface area contributed by atoms with Gasteiger partial charge in [0, 0.05) is 35.9 Å². The molecule has 0 bridgehead atoms. The maximum absolute atomic E-state index is 12.0. The van der Waals surface area contributed by atoms with E-state index in [4.69, 9.17) is 26.2 Å². The minimum absolute atomic E-state index is 0.106. The largest absolute Gasteiger partial charge is 0.482 e. The van der Waals surface area contributed by atoms with Gasteiger partial charge >= 0.3 is 5.97 Å². The van der Waals surface area contributed by atoms with Crippen molar-refractivity contribution in [3.63, 3.8) is 0 Å². The molecule has 7 heteroatoms. The number of amides is 1. The lowest BCUT2D eigenvalue weighted by Crippen LogP contribution is -2.50. The van der Waals surface area contributed by atoms with Gasteiger partial charge in [-0.2, -0.15) is 0 Å². The molecule has 1 aliphatic heterocycles. The van der Waals surface area contributed by atoms with Crippen molar-refractivity contribution in [2.24, 2.45) is 0 Å². The Labute approximate surface area is 193 Å². The summed E-state index contributed by atoms with van der Waals surface area (Å²) in [6, 6.07) is 13.3. The molecule has 1 aliphatic rings. The minimum Gasteiger partial charge on any atom is -0.482 e. The van der Waals surface area contributed by atoms with E-state index in [-0.39, 0.29) is 18.1 Å². The fourth-order valence-corrected chi connectivity index (χ4v) is 4.47. The lowest BCUT2D eigenvalue weighted by Gasteiger charge is -2.43. The Morgan fingerprint density at radius 2 is 1.88 bits per heavy atom. The van der Waals surface area contributed by atoms with E-state index < -0.39 is 18.1 Å². The maximum atomic E-state index is 12.0. The highest BCUT2D eigenvalue weighted by molar-refractivity contribution is 6.30. The smallest absolute Gasteiger partial charge is 0.341 e. The zero-order valence-corrected chi connectivity index (χ0v) is 19.4. The fraction of sp³-hybridized carbons (Fsp3) is 0.440. The zero-order chi connectivity index (χ0) is 23.3. The molecule has 0 spiro atoms. The number of hydrogen-bond donors (Lipinski definition) is 2. The lowest BCUT2D eigenvalue weighted by molar-refractivity contribution is -0.139. The van der Waals surface area contributed by atoms with Crippen molar-refractivity contribution in [3.05, 3.63) is 64.2 Å². The van der Waals surface area contributed by atoms with Gasteiger partial charge in [-0.05, 0) is 48.7 Å². The average molecular weight is 460 g/mol. The van der Waals surface area contributed by atoms with E-state index in [1.807, 2.05) is 49.4 Å². The molecule has 2 N–H and O–H groups in total. The first-order chi connectivity index (χ1) is 15.2. The SMILES string of the molecule is CCCc1ccc(OCC(=O)O)c([C@H]2C[C@](C)(NC(C)=O)C[C@@H](c3ccc(Cl)cc3)O2)c1. The molecule has 6 nitrogen and oxygen atoms in total. The van der Waals surface area contributed by atoms with Gasteiger partial charge < -0.3 is 19.9 Å². The van der Waals surface area contributed by atoms with Crippen molar-refractivity contribution in [1.29, 1.82) is 0 Å². The Kier molecular flexibility index (Phi) is 7.80. The van der Waals surface area contributed by atoms with Crippen LogP contribution in [0, 0.1) is 0 Å². The third-order valence-corrected chi connectivity index (χ3v) is 5.88. The summed E-state index contributed by atoms with van der Waals surface area (Å²) < 4.78 is 12.1. The minimum atomic E-state index is -1.04. The predicted octanol–water partition coefficient (Wildman–Crippen LogP) is 5.24. The molecule has 1 fully saturated rings. The molecular weight excluding hydrogens is 430 g/mol. The van der Waals surface area contributed by atoms with Gasteiger partial charge in [-0.1, -0.05) is 43.1 Å². The Bertz CT molecular complexity index is 961. The van der Waals surface area contributed by atoms with Crippen LogP contribution < -0.4 is 10.1 Å². The van der Waals surface area contributed by atoms with Crippen LogP contribution in [0.2, 0.25) is 5.02 Å². The third-order valence-electron chi connectivity index (χ3n) is 5.63. The molecule has 3 atom stereocenters. The second-order valence-electron chi connectivity index (χ2n) is 8.62. The first-order valence-electron chi connectivity index (χ1n) is 10.9. The van der Waals surface area contributed by atoms with Gasteiger partial charge in [0.05, 0.1) is 12.2 Å². The van der Waals surface area contributed by atoms with E-state index in [9.17, 15) is 9.59 Å². The number of benzene rings is 2. The number of rotatable bonds is 8. The van der Waals surface area contributed by atoms with Crippen LogP contribution in [0.5, 0.6) is 5.75 Å². The Hall–Kier alpha value is -2.57. The van der Waals surface area contributed by atoms with Gasteiger partial charge in [-0.3, -0.25) is 4.79 Å². The van der Waals surface area contributed by atoms with Gasteiger partial charge in [0.2, 0.25) is 5.91 Å². The number of carboxylic acid groups (broad SMARTS) is 1. The number of nitrogens with one attached hydrogen (secondary N) is 1. The number of carbonyl (C=O) groups excluding carboxylic acids is 1. The Balaban J connectivity index is 2.00. The number of aliphatic carboxylic acids is 1. The van der Waals surface area contributed by atoms with Crippen molar-refractivity contribution in [3.8, 4) is 5.75 Å². The van der Waals surface area contributed by atoms with Crippen molar-refractivity contribution < 1.29 is 24.2 Å². The summed E-state index contributed by atoms with van der Waals surface area (Å²) in [5, 5.41) is 12.8. The molecule has 2 aromatic rings. The number of hydrogen-bond acceptors (Lipinski definition) is 4. The van der Waals surface area contributed by atoms with Gasteiger partial charge in [0.1, 0.15) is 5.75 Å². The van der Waals surface area contributed by atoms with Gasteiger partial charge in [0.25, 0.3) is 0 Å². The molecule has 1 saturated heterocycles. The van der Waals surface area contributed by atoms with Crippen LogP contribution in [-0.2, 0) is 20.7 Å². The van der Waals surface area contributed by atoms with Crippen molar-refractivity contribution in [2.75, 3.05) is 6.61 Å². The fourth-order valence-electron chi connectivity index (χ4n) is 4.35. The molecule has 3 rings (SSSR count). The molecule has 172 valence electrons. The molecule has 1 heterocycles. The first kappa shape index (κ1) is 24.1. The molecule has 0 aliphatic carbocycles. The number of aryl methyl sites for hydroxylation is 1. The van der Waals surface area contributed by atoms with Crippen LogP contribution in [0.3, 0.4) is 0 Å². The molecule has 1 amide bonds. The quantitative estimate of drug-likeness (QED) is 0.563. The van der Waals surface area contributed by atoms with Crippen LogP contribution in [0.4, 0.5) is 0 Å². The number of ether oxygens (including phenoxy) is 2. The normalized spacial score (nSPS) is 22.9. The van der Waals surface area contributed by atoms with Gasteiger partial charge in [-0.25, -0.2) is 4.79 Å². The van der Waals surface area contributed by atoms with E-state index in [1.54, 1.807) is 0 Å². The summed E-state index contributed by atoms with van der Waals surface area (Å²) >= 11 is 6.07. The van der Waals surface area contributed by atoms with Crippen LogP contribution in [-0.4, -0.2) is 29.1 Å². The molecule has 2 aromatic carbocycles. The third kappa shape index (κ3) is 6.24. The first-order valence-corrected chi connectivity index (χ1v) is 11.2. The van der Waals surface area contributed by atoms with Crippen LogP contribution >= 0.6 is 11.6 Å². The highest BCUT2D eigenvalue weighted by Crippen LogP contribution is 2.46. The highest BCUT2D eigenvalue weighted by atomic mass is 35.5. The maximum Gasteiger partial charge on any atom is 0.341 e. The van der Waals surface area contributed by atoms with Crippen molar-refractivity contribution in [2.45, 2.75) is 64.2 Å². The molecule has 0 unspecified atom stereocenters. The number of carbonyl (C=O) groups is 2. The molecule has 32 heavy (non-hydrogen) atoms. The van der Waals surface area contributed by atoms with Crippen molar-refractivity contribution >= 4 is 23.5 Å².